The number of aliphatic hydroxyl groups is 8. The van der Waals surface area contributed by atoms with Gasteiger partial charge in [0.2, 0.25) is 0 Å². The van der Waals surface area contributed by atoms with Crippen LogP contribution in [0.15, 0.2) is 0 Å². The highest BCUT2D eigenvalue weighted by molar-refractivity contribution is 5.84. The van der Waals surface area contributed by atoms with Gasteiger partial charge >= 0.3 is 24.0 Å². The summed E-state index contributed by atoms with van der Waals surface area (Å²) in [6, 6.07) is 0. The van der Waals surface area contributed by atoms with Gasteiger partial charge in [-0.2, -0.15) is 0 Å². The fraction of sp³-hybridized carbons (Fsp3) is 0.821. The van der Waals surface area contributed by atoms with Crippen LogP contribution in [0, 0.1) is 0 Å². The van der Waals surface area contributed by atoms with Crippen molar-refractivity contribution in [1.29, 1.82) is 0 Å². The predicted octanol–water partition coefficient (Wildman–Crippen LogP) is -1.56. The van der Waals surface area contributed by atoms with Crippen molar-refractivity contribution in [2.45, 2.75) is 181 Å². The van der Waals surface area contributed by atoms with Crippen LogP contribution in [0.4, 0.5) is 4.79 Å². The topological polar surface area (TPSA) is 368 Å². The first-order valence-electron chi connectivity index (χ1n) is 19.2. The van der Waals surface area contributed by atoms with Crippen molar-refractivity contribution in [1.82, 2.24) is 10.6 Å². The molecule has 0 spiro atoms. The van der Waals surface area contributed by atoms with Crippen LogP contribution in [0.25, 0.3) is 0 Å². The predicted molar refractivity (Wildman–Crippen MR) is 218 cm³/mol. The van der Waals surface area contributed by atoms with Gasteiger partial charge in [-0.25, -0.2) is 9.59 Å². The van der Waals surface area contributed by atoms with Gasteiger partial charge < -0.3 is 76.2 Å². The molecule has 0 aliphatic rings. The van der Waals surface area contributed by atoms with E-state index < -0.39 is 95.5 Å². The minimum atomic E-state index is -2.13. The second kappa shape index (κ2) is 31.0. The Hall–Kier alpha value is -3.87. The Morgan fingerprint density at radius 1 is 0.541 bits per heavy atom. The van der Waals surface area contributed by atoms with Gasteiger partial charge in [0.25, 0.3) is 5.91 Å². The number of nitrogens with two attached hydrogens (primary N) is 1. The monoisotopic (exact) mass is 889 g/mol. The number of ether oxygens (including phenoxy) is 4. The van der Waals surface area contributed by atoms with Gasteiger partial charge in [-0.1, -0.05) is 7.43 Å². The molecule has 0 aromatic carbocycles. The maximum absolute atomic E-state index is 12.0. The van der Waals surface area contributed by atoms with E-state index in [4.69, 9.17) is 30.2 Å². The number of hydrogen-bond acceptors (Lipinski definition) is 20. The third-order valence-corrected chi connectivity index (χ3v) is 7.00. The number of esters is 3. The van der Waals surface area contributed by atoms with Crippen LogP contribution in [-0.2, 0) is 47.7 Å². The van der Waals surface area contributed by atoms with Crippen molar-refractivity contribution in [2.75, 3.05) is 26.7 Å². The summed E-state index contributed by atoms with van der Waals surface area (Å²) >= 11 is 0. The molecule has 0 unspecified atom stereocenters. The Morgan fingerprint density at radius 2 is 0.918 bits per heavy atom. The third kappa shape index (κ3) is 32.5. The molecule has 0 fully saturated rings. The van der Waals surface area contributed by atoms with Gasteiger partial charge in [-0.3, -0.25) is 24.0 Å². The minimum Gasteiger partial charge on any atom is -0.467 e. The highest BCUT2D eigenvalue weighted by Crippen LogP contribution is 2.12. The van der Waals surface area contributed by atoms with E-state index in [2.05, 4.69) is 15.4 Å². The van der Waals surface area contributed by atoms with Crippen LogP contribution in [0.5, 0.6) is 0 Å². The molecule has 2 amide bonds. The number of amides is 2. The molecule has 0 heterocycles. The minimum absolute atomic E-state index is 0. The summed E-state index contributed by atoms with van der Waals surface area (Å²) in [6.45, 7) is 17.4. The number of hydrogen-bond donors (Lipinski definition) is 11. The third-order valence-electron chi connectivity index (χ3n) is 7.00. The van der Waals surface area contributed by atoms with Crippen LogP contribution < -0.4 is 16.4 Å². The normalized spacial score (nSPS) is 15.3. The maximum Gasteiger partial charge on any atom is 0.407 e. The molecule has 0 saturated heterocycles. The Balaban J connectivity index is -0.000000492. The fourth-order valence-electron chi connectivity index (χ4n) is 4.09. The standard InChI is InChI=1S/C22H40N2O10.C8H17NO2.C8H14O7.CH4/c1-21(2,3)33-14(26)10-8-11-23-19(31)18(30)17(29)16(28)15(27)13(25)9-7-12-24-20(32)34-22(4,5)6;1-8(2,3)11-7(10)5-4-6-9;1-3(9)4(10)5(11)6(12)7(13)8(14)15-2;/h15-18,27-30H,7-12H2,1-6H3,(H,23,31)(H,24,32);4-6,9H2,1-3H3;4-7,10-13H,1-2H3;1H4/t15-,16+,17+,18-;;4-,5+,6+,7-;/m0.0./s1. The summed E-state index contributed by atoms with van der Waals surface area (Å²) in [5.74, 6) is -4.47. The first kappa shape index (κ1) is 63.8. The quantitative estimate of drug-likeness (QED) is 0.0352. The van der Waals surface area contributed by atoms with Crippen molar-refractivity contribution in [2.24, 2.45) is 5.73 Å². The van der Waals surface area contributed by atoms with E-state index in [1.54, 1.807) is 41.5 Å². The molecule has 8 atom stereocenters. The largest absolute Gasteiger partial charge is 0.467 e. The maximum atomic E-state index is 12.0. The molecule has 0 aromatic rings. The average molecular weight is 890 g/mol. The SMILES string of the molecule is C.CC(C)(C)OC(=O)CCCN.CC(C)(C)OC(=O)CCCNC(=O)[C@@H](O)[C@H](O)[C@H](O)[C@@H](O)C(=O)CCCNC(=O)OC(C)(C)C.COC(=O)[C@@H](O)[C@H](O)[C@H](O)[C@@H](O)C(C)=O. The summed E-state index contributed by atoms with van der Waals surface area (Å²) in [7, 11) is 0.978. The number of aliphatic hydroxyl groups excluding tert-OH is 8. The van der Waals surface area contributed by atoms with Crippen LogP contribution in [0.2, 0.25) is 0 Å². The number of rotatable bonds is 21. The molecule has 22 nitrogen and oxygen atoms in total. The first-order chi connectivity index (χ1) is 27.2. The van der Waals surface area contributed by atoms with Crippen molar-refractivity contribution in [3.05, 3.63) is 0 Å². The molecule has 0 saturated carbocycles. The smallest absolute Gasteiger partial charge is 0.407 e. The number of ketones is 2. The fourth-order valence-corrected chi connectivity index (χ4v) is 4.09. The van der Waals surface area contributed by atoms with Gasteiger partial charge in [0.15, 0.2) is 23.8 Å². The number of carbonyl (C=O) groups is 7. The summed E-state index contributed by atoms with van der Waals surface area (Å²) < 4.78 is 19.3. The van der Waals surface area contributed by atoms with Crippen LogP contribution in [-0.4, -0.2) is 175 Å². The highest BCUT2D eigenvalue weighted by atomic mass is 16.6. The molecule has 12 N–H and O–H groups in total. The van der Waals surface area contributed by atoms with Crippen LogP contribution in [0.1, 0.15) is 115 Å². The Kier molecular flexibility index (Phi) is 32.5. The van der Waals surface area contributed by atoms with Crippen molar-refractivity contribution in [3.8, 4) is 0 Å². The van der Waals surface area contributed by atoms with Crippen molar-refractivity contribution < 1.29 is 93.4 Å². The molecular weight excluding hydrogens is 814 g/mol. The molecule has 0 radical (unpaired) electrons. The first-order valence-corrected chi connectivity index (χ1v) is 19.2. The second-order valence-electron chi connectivity index (χ2n) is 16.3. The Labute approximate surface area is 358 Å². The zero-order chi connectivity index (χ0) is 47.8. The van der Waals surface area contributed by atoms with E-state index >= 15 is 0 Å². The van der Waals surface area contributed by atoms with Gasteiger partial charge in [-0.15, -0.1) is 0 Å². The zero-order valence-corrected chi connectivity index (χ0v) is 36.6. The lowest BCUT2D eigenvalue weighted by molar-refractivity contribution is -0.168. The molecule has 0 bridgehead atoms. The molecule has 0 aliphatic heterocycles. The van der Waals surface area contributed by atoms with Crippen LogP contribution >= 0.6 is 0 Å². The number of nitrogens with one attached hydrogen (secondary N) is 2. The van der Waals surface area contributed by atoms with Crippen molar-refractivity contribution >= 4 is 41.5 Å². The van der Waals surface area contributed by atoms with E-state index in [9.17, 15) is 64.2 Å². The summed E-state index contributed by atoms with van der Waals surface area (Å²) in [4.78, 5) is 79.5. The van der Waals surface area contributed by atoms with Gasteiger partial charge in [0.1, 0.15) is 53.4 Å². The second-order valence-corrected chi connectivity index (χ2v) is 16.3. The zero-order valence-electron chi connectivity index (χ0n) is 36.6. The molecular formula is C39H75N3O19. The van der Waals surface area contributed by atoms with E-state index in [0.29, 0.717) is 19.4 Å². The highest BCUT2D eigenvalue weighted by Gasteiger charge is 2.38. The number of alkyl carbamates (subject to hydrolysis) is 1. The average Bonchev–Trinajstić information content (AvgIpc) is 3.12. The summed E-state index contributed by atoms with van der Waals surface area (Å²) in [5.41, 5.74) is 3.55. The van der Waals surface area contributed by atoms with E-state index in [1.807, 2.05) is 20.8 Å². The summed E-state index contributed by atoms with van der Waals surface area (Å²) in [5, 5.41) is 81.1. The lowest BCUT2D eigenvalue weighted by Crippen LogP contribution is -2.52. The molecule has 0 aromatic heterocycles. The number of methoxy groups -OCH3 is 1. The molecule has 61 heavy (non-hydrogen) atoms. The Morgan fingerprint density at radius 3 is 1.33 bits per heavy atom. The van der Waals surface area contributed by atoms with Gasteiger partial charge in [0.05, 0.1) is 7.11 Å². The Bertz CT molecular complexity index is 1270. The van der Waals surface area contributed by atoms with Gasteiger partial charge in [0, 0.05) is 32.4 Å². The van der Waals surface area contributed by atoms with Gasteiger partial charge in [-0.05, 0) is 95.0 Å². The molecule has 360 valence electrons. The van der Waals surface area contributed by atoms with E-state index in [-0.39, 0.29) is 57.8 Å². The van der Waals surface area contributed by atoms with Crippen molar-refractivity contribution in [3.63, 3.8) is 0 Å². The number of Topliss-reactive ketones (excluding diaryl/α,β-unsaturated/α-hetero) is 2. The lowest BCUT2D eigenvalue weighted by atomic mass is 9.97. The summed E-state index contributed by atoms with van der Waals surface area (Å²) in [6.07, 6.45) is -15.7. The van der Waals surface area contributed by atoms with E-state index in [0.717, 1.165) is 14.0 Å². The lowest BCUT2D eigenvalue weighted by Gasteiger charge is -2.25. The van der Waals surface area contributed by atoms with Crippen LogP contribution in [0.3, 0.4) is 0 Å². The molecule has 0 aliphatic carbocycles. The molecule has 22 heteroatoms. The van der Waals surface area contributed by atoms with E-state index in [1.165, 1.54) is 0 Å². The number of carbonyl (C=O) groups excluding carboxylic acids is 7. The molecule has 0 rings (SSSR count).